The predicted molar refractivity (Wildman–Crippen MR) is 75.0 cm³/mol. The molecule has 1 N–H and O–H groups in total. The summed E-state index contributed by atoms with van der Waals surface area (Å²) < 4.78 is 8.78. The van der Waals surface area contributed by atoms with Crippen LogP contribution in [0.2, 0.25) is 0 Å². The molecule has 0 radical (unpaired) electrons. The molecule has 2 atom stereocenters. The lowest BCUT2D eigenvalue weighted by molar-refractivity contribution is 0.0656. The third-order valence-corrected chi connectivity index (χ3v) is 3.88. The summed E-state index contributed by atoms with van der Waals surface area (Å²) in [6, 6.07) is 5.72. The first-order valence-corrected chi connectivity index (χ1v) is 7.13. The summed E-state index contributed by atoms with van der Waals surface area (Å²) in [4.78, 5) is 0. The Morgan fingerprint density at radius 2 is 2.37 bits per heavy atom. The molecule has 0 saturated heterocycles. The van der Waals surface area contributed by atoms with Gasteiger partial charge in [0.15, 0.2) is 0 Å². The number of aromatic nitrogens is 2. The van der Waals surface area contributed by atoms with E-state index in [0.29, 0.717) is 6.42 Å². The Balaban J connectivity index is 1.90. The first kappa shape index (κ1) is 12.7. The van der Waals surface area contributed by atoms with Crippen molar-refractivity contribution in [1.82, 2.24) is 9.78 Å². The van der Waals surface area contributed by atoms with Crippen LogP contribution < -0.4 is 4.74 Å². The fourth-order valence-corrected chi connectivity index (χ4v) is 2.72. The molecule has 0 amide bonds. The van der Waals surface area contributed by atoms with E-state index in [1.165, 1.54) is 0 Å². The van der Waals surface area contributed by atoms with Crippen LogP contribution in [-0.4, -0.2) is 14.9 Å². The molecule has 100 valence electrons. The van der Waals surface area contributed by atoms with Crippen LogP contribution in [0.5, 0.6) is 5.75 Å². The number of benzene rings is 1. The fourth-order valence-electron chi connectivity index (χ4n) is 2.34. The molecule has 1 aliphatic heterocycles. The van der Waals surface area contributed by atoms with Gasteiger partial charge in [0.05, 0.1) is 12.3 Å². The second kappa shape index (κ2) is 4.98. The first-order chi connectivity index (χ1) is 9.17. The summed E-state index contributed by atoms with van der Waals surface area (Å²) in [7, 11) is 0. The van der Waals surface area contributed by atoms with Gasteiger partial charge in [-0.05, 0) is 25.1 Å². The molecule has 1 aromatic carbocycles. The van der Waals surface area contributed by atoms with Gasteiger partial charge in [-0.1, -0.05) is 15.9 Å². The molecule has 3 rings (SSSR count). The average molecular weight is 323 g/mol. The van der Waals surface area contributed by atoms with Gasteiger partial charge in [-0.2, -0.15) is 5.10 Å². The van der Waals surface area contributed by atoms with Gasteiger partial charge in [0.2, 0.25) is 0 Å². The molecule has 1 aromatic heterocycles. The summed E-state index contributed by atoms with van der Waals surface area (Å²) in [5, 5.41) is 14.5. The van der Waals surface area contributed by atoms with Crippen LogP contribution in [0.4, 0.5) is 0 Å². The SMILES string of the molecule is CCn1cc(C2C[C@H](O)c3cc(Br)ccc3O2)cn1. The predicted octanol–water partition coefficient (Wildman–Crippen LogP) is 3.22. The van der Waals surface area contributed by atoms with E-state index in [4.69, 9.17) is 4.74 Å². The molecule has 19 heavy (non-hydrogen) atoms. The van der Waals surface area contributed by atoms with Crippen LogP contribution in [-0.2, 0) is 6.54 Å². The third kappa shape index (κ3) is 2.40. The summed E-state index contributed by atoms with van der Waals surface area (Å²) in [5.74, 6) is 0.746. The molecular formula is C14H15BrN2O2. The lowest BCUT2D eigenvalue weighted by Crippen LogP contribution is -2.18. The van der Waals surface area contributed by atoms with E-state index in [9.17, 15) is 5.11 Å². The summed E-state index contributed by atoms with van der Waals surface area (Å²) in [5.41, 5.74) is 1.85. The van der Waals surface area contributed by atoms with Gasteiger partial charge in [-0.15, -0.1) is 0 Å². The van der Waals surface area contributed by atoms with Crippen LogP contribution in [0, 0.1) is 0 Å². The number of rotatable bonds is 2. The molecular weight excluding hydrogens is 308 g/mol. The Kier molecular flexibility index (Phi) is 3.33. The monoisotopic (exact) mass is 322 g/mol. The molecule has 2 heterocycles. The minimum Gasteiger partial charge on any atom is -0.485 e. The second-order valence-electron chi connectivity index (χ2n) is 4.67. The largest absolute Gasteiger partial charge is 0.485 e. The number of halogens is 1. The summed E-state index contributed by atoms with van der Waals surface area (Å²) >= 11 is 3.41. The van der Waals surface area contributed by atoms with Gasteiger partial charge in [-0.3, -0.25) is 4.68 Å². The lowest BCUT2D eigenvalue weighted by atomic mass is 9.96. The number of ether oxygens (including phenoxy) is 1. The Labute approximate surface area is 120 Å². The van der Waals surface area contributed by atoms with Crippen LogP contribution in [0.3, 0.4) is 0 Å². The lowest BCUT2D eigenvalue weighted by Gasteiger charge is -2.29. The van der Waals surface area contributed by atoms with Gasteiger partial charge >= 0.3 is 0 Å². The number of hydrogen-bond acceptors (Lipinski definition) is 3. The standard InChI is InChI=1S/C14H15BrN2O2/c1-2-17-8-9(7-16-17)14-6-12(18)11-5-10(15)3-4-13(11)19-14/h3-5,7-8,12,14,18H,2,6H2,1H3/t12-,14?/m0/s1. The van der Waals surface area contributed by atoms with E-state index < -0.39 is 6.10 Å². The maximum atomic E-state index is 10.3. The van der Waals surface area contributed by atoms with E-state index >= 15 is 0 Å². The smallest absolute Gasteiger partial charge is 0.130 e. The molecule has 0 bridgehead atoms. The Hall–Kier alpha value is -1.33. The second-order valence-corrected chi connectivity index (χ2v) is 5.59. The molecule has 0 spiro atoms. The van der Waals surface area contributed by atoms with Crippen molar-refractivity contribution in [2.45, 2.75) is 32.1 Å². The van der Waals surface area contributed by atoms with E-state index in [2.05, 4.69) is 21.0 Å². The van der Waals surface area contributed by atoms with Crippen molar-refractivity contribution in [3.8, 4) is 5.75 Å². The molecule has 1 aliphatic rings. The molecule has 2 aromatic rings. The number of aliphatic hydroxyl groups excluding tert-OH is 1. The average Bonchev–Trinajstić information content (AvgIpc) is 2.88. The quantitative estimate of drug-likeness (QED) is 0.923. The molecule has 0 saturated carbocycles. The van der Waals surface area contributed by atoms with E-state index in [0.717, 1.165) is 27.9 Å². The first-order valence-electron chi connectivity index (χ1n) is 6.34. The number of nitrogens with zero attached hydrogens (tertiary/aromatic N) is 2. The highest BCUT2D eigenvalue weighted by Crippen LogP contribution is 2.41. The zero-order valence-electron chi connectivity index (χ0n) is 10.6. The highest BCUT2D eigenvalue weighted by atomic mass is 79.9. The molecule has 0 aliphatic carbocycles. The van der Waals surface area contributed by atoms with E-state index in [1.54, 1.807) is 0 Å². The normalized spacial score (nSPS) is 21.8. The van der Waals surface area contributed by atoms with Crippen LogP contribution in [0.1, 0.15) is 36.7 Å². The van der Waals surface area contributed by atoms with Crippen LogP contribution in [0.15, 0.2) is 35.1 Å². The number of aliphatic hydroxyl groups is 1. The highest BCUT2D eigenvalue weighted by molar-refractivity contribution is 9.10. The molecule has 4 nitrogen and oxygen atoms in total. The molecule has 5 heteroatoms. The summed E-state index contributed by atoms with van der Waals surface area (Å²) in [6.07, 6.45) is 3.70. The van der Waals surface area contributed by atoms with Crippen molar-refractivity contribution in [2.75, 3.05) is 0 Å². The number of fused-ring (bicyclic) bond motifs is 1. The molecule has 0 fully saturated rings. The topological polar surface area (TPSA) is 47.3 Å². The summed E-state index contributed by atoms with van der Waals surface area (Å²) in [6.45, 7) is 2.87. The van der Waals surface area contributed by atoms with Crippen molar-refractivity contribution in [2.24, 2.45) is 0 Å². The van der Waals surface area contributed by atoms with Crippen LogP contribution in [0.25, 0.3) is 0 Å². The maximum absolute atomic E-state index is 10.3. The van der Waals surface area contributed by atoms with E-state index in [1.807, 2.05) is 42.2 Å². The fraction of sp³-hybridized carbons (Fsp3) is 0.357. The van der Waals surface area contributed by atoms with Crippen molar-refractivity contribution < 1.29 is 9.84 Å². The Bertz CT molecular complexity index is 597. The van der Waals surface area contributed by atoms with Crippen LogP contribution >= 0.6 is 15.9 Å². The van der Waals surface area contributed by atoms with Gasteiger partial charge < -0.3 is 9.84 Å². The van der Waals surface area contributed by atoms with E-state index in [-0.39, 0.29) is 6.10 Å². The van der Waals surface area contributed by atoms with Gasteiger partial charge in [0.1, 0.15) is 11.9 Å². The van der Waals surface area contributed by atoms with Crippen molar-refractivity contribution in [3.05, 3.63) is 46.2 Å². The minimum absolute atomic E-state index is 0.135. The maximum Gasteiger partial charge on any atom is 0.130 e. The number of aryl methyl sites for hydroxylation is 1. The van der Waals surface area contributed by atoms with Crippen molar-refractivity contribution in [3.63, 3.8) is 0 Å². The Morgan fingerprint density at radius 1 is 1.53 bits per heavy atom. The zero-order valence-corrected chi connectivity index (χ0v) is 12.2. The zero-order chi connectivity index (χ0) is 13.4. The van der Waals surface area contributed by atoms with Crippen molar-refractivity contribution in [1.29, 1.82) is 0 Å². The highest BCUT2D eigenvalue weighted by Gasteiger charge is 2.28. The molecule has 1 unspecified atom stereocenters. The number of hydrogen-bond donors (Lipinski definition) is 1. The van der Waals surface area contributed by atoms with Gasteiger partial charge in [-0.25, -0.2) is 0 Å². The minimum atomic E-state index is -0.503. The Morgan fingerprint density at radius 3 is 3.11 bits per heavy atom. The van der Waals surface area contributed by atoms with Gasteiger partial charge in [0.25, 0.3) is 0 Å². The van der Waals surface area contributed by atoms with Gasteiger partial charge in [0, 0.05) is 34.8 Å². The third-order valence-electron chi connectivity index (χ3n) is 3.39. The van der Waals surface area contributed by atoms with Crippen molar-refractivity contribution >= 4 is 15.9 Å².